The van der Waals surface area contributed by atoms with Crippen LogP contribution < -0.4 is 10.2 Å². The lowest BCUT2D eigenvalue weighted by atomic mass is 9.97. The highest BCUT2D eigenvalue weighted by molar-refractivity contribution is 6.13. The van der Waals surface area contributed by atoms with E-state index in [4.69, 9.17) is 0 Å². The summed E-state index contributed by atoms with van der Waals surface area (Å²) in [4.78, 5) is 21.1. The number of rotatable bonds is 3. The number of likely N-dealkylation sites (N-methyl/N-ethyl adjacent to an activating group) is 1. The smallest absolute Gasteiger partial charge is 0.237 e. The van der Waals surface area contributed by atoms with Crippen LogP contribution in [0.4, 0.5) is 21.5 Å². The fraction of sp³-hybridized carbons (Fsp3) is 0.364. The normalized spacial score (nSPS) is 20.3. The Bertz CT molecular complexity index is 927. The van der Waals surface area contributed by atoms with Crippen molar-refractivity contribution < 1.29 is 9.18 Å². The molecular formula is C22H25FN4O. The summed E-state index contributed by atoms with van der Waals surface area (Å²) >= 11 is 0. The summed E-state index contributed by atoms with van der Waals surface area (Å²) in [5.41, 5.74) is 3.95. The van der Waals surface area contributed by atoms with Crippen LogP contribution in [0.25, 0.3) is 0 Å². The first-order valence-electron chi connectivity index (χ1n) is 9.70. The first-order valence-corrected chi connectivity index (χ1v) is 9.70. The number of halogens is 1. The van der Waals surface area contributed by atoms with Crippen molar-refractivity contribution >= 4 is 29.2 Å². The number of nitrogens with one attached hydrogen (secondary N) is 1. The second-order valence-corrected chi connectivity index (χ2v) is 7.56. The van der Waals surface area contributed by atoms with Crippen LogP contribution in [-0.4, -0.2) is 50.2 Å². The van der Waals surface area contributed by atoms with E-state index in [1.807, 2.05) is 31.2 Å². The van der Waals surface area contributed by atoms with E-state index in [0.717, 1.165) is 49.4 Å². The number of amides is 1. The molecule has 2 aliphatic heterocycles. The van der Waals surface area contributed by atoms with Gasteiger partial charge in [0, 0.05) is 37.6 Å². The van der Waals surface area contributed by atoms with Gasteiger partial charge < -0.3 is 15.1 Å². The van der Waals surface area contributed by atoms with Crippen molar-refractivity contribution in [1.29, 1.82) is 0 Å². The van der Waals surface area contributed by atoms with Crippen LogP contribution in [0.15, 0.2) is 41.4 Å². The van der Waals surface area contributed by atoms with Crippen molar-refractivity contribution in [3.8, 4) is 0 Å². The van der Waals surface area contributed by atoms with E-state index in [-0.39, 0.29) is 11.7 Å². The lowest BCUT2D eigenvalue weighted by molar-refractivity contribution is -0.115. The SMILES string of the molecule is Cc1cccc2c1C(C=Nc1ccc(N3CCCN(C)CC3)c(F)c1)C(=O)N2. The van der Waals surface area contributed by atoms with Crippen molar-refractivity contribution in [2.45, 2.75) is 19.3 Å². The third-order valence-corrected chi connectivity index (χ3v) is 5.54. The molecule has 0 aromatic heterocycles. The monoisotopic (exact) mass is 380 g/mol. The number of benzene rings is 2. The predicted octanol–water partition coefficient (Wildman–Crippen LogP) is 3.71. The standard InChI is InChI=1S/C22H25FN4O/c1-15-5-3-6-19-21(15)17(22(28)25-19)14-24-16-7-8-20(18(23)13-16)27-10-4-9-26(2)11-12-27/h3,5-8,13-14,17H,4,9-12H2,1-2H3,(H,25,28). The number of nitrogens with zero attached hydrogens (tertiary/aromatic N) is 3. The van der Waals surface area contributed by atoms with Crippen LogP contribution in [-0.2, 0) is 4.79 Å². The number of hydrogen-bond acceptors (Lipinski definition) is 4. The summed E-state index contributed by atoms with van der Waals surface area (Å²) in [5.74, 6) is -0.814. The number of carbonyl (C=O) groups excluding carboxylic acids is 1. The highest BCUT2D eigenvalue weighted by atomic mass is 19.1. The fourth-order valence-electron chi connectivity index (χ4n) is 3.97. The highest BCUT2D eigenvalue weighted by Gasteiger charge is 2.30. The largest absolute Gasteiger partial charge is 0.368 e. The molecule has 6 heteroatoms. The number of aryl methyl sites for hydroxylation is 1. The van der Waals surface area contributed by atoms with Crippen LogP contribution in [0.1, 0.15) is 23.5 Å². The zero-order valence-corrected chi connectivity index (χ0v) is 16.3. The molecule has 0 aliphatic carbocycles. The molecule has 2 aromatic carbocycles. The summed E-state index contributed by atoms with van der Waals surface area (Å²) in [6.07, 6.45) is 2.63. The molecule has 146 valence electrons. The molecule has 1 saturated heterocycles. The maximum atomic E-state index is 14.7. The van der Waals surface area contributed by atoms with Gasteiger partial charge in [-0.25, -0.2) is 4.39 Å². The molecule has 1 N–H and O–H groups in total. The molecule has 0 spiro atoms. The molecule has 2 heterocycles. The van der Waals surface area contributed by atoms with Gasteiger partial charge in [-0.05, 0) is 56.3 Å². The van der Waals surface area contributed by atoms with Crippen molar-refractivity contribution in [1.82, 2.24) is 4.90 Å². The Morgan fingerprint density at radius 3 is 2.86 bits per heavy atom. The summed E-state index contributed by atoms with van der Waals surface area (Å²) in [6, 6.07) is 10.8. The van der Waals surface area contributed by atoms with Gasteiger partial charge in [0.1, 0.15) is 11.7 Å². The lowest BCUT2D eigenvalue weighted by Crippen LogP contribution is -2.29. The number of anilines is 2. The van der Waals surface area contributed by atoms with E-state index in [1.165, 1.54) is 6.07 Å². The molecule has 1 fully saturated rings. The van der Waals surface area contributed by atoms with Crippen LogP contribution in [0.2, 0.25) is 0 Å². The average molecular weight is 380 g/mol. The van der Waals surface area contributed by atoms with Gasteiger partial charge in [0.2, 0.25) is 5.91 Å². The van der Waals surface area contributed by atoms with Gasteiger partial charge in [-0.3, -0.25) is 9.79 Å². The van der Waals surface area contributed by atoms with Gasteiger partial charge in [0.25, 0.3) is 0 Å². The minimum absolute atomic E-state index is 0.0983. The number of fused-ring (bicyclic) bond motifs is 1. The Labute approximate surface area is 164 Å². The lowest BCUT2D eigenvalue weighted by Gasteiger charge is -2.23. The fourth-order valence-corrected chi connectivity index (χ4v) is 3.97. The number of carbonyl (C=O) groups is 1. The molecule has 1 unspecified atom stereocenters. The molecule has 0 radical (unpaired) electrons. The summed E-state index contributed by atoms with van der Waals surface area (Å²) in [5, 5.41) is 2.88. The van der Waals surface area contributed by atoms with Crippen molar-refractivity contribution in [3.63, 3.8) is 0 Å². The summed E-state index contributed by atoms with van der Waals surface area (Å²) in [6.45, 7) is 5.60. The van der Waals surface area contributed by atoms with E-state index in [1.54, 1.807) is 12.3 Å². The maximum Gasteiger partial charge on any atom is 0.237 e. The van der Waals surface area contributed by atoms with Crippen molar-refractivity contribution in [2.24, 2.45) is 4.99 Å². The Balaban J connectivity index is 1.54. The van der Waals surface area contributed by atoms with Crippen LogP contribution in [0.3, 0.4) is 0 Å². The minimum Gasteiger partial charge on any atom is -0.368 e. The summed E-state index contributed by atoms with van der Waals surface area (Å²) in [7, 11) is 2.09. The van der Waals surface area contributed by atoms with Crippen LogP contribution >= 0.6 is 0 Å². The van der Waals surface area contributed by atoms with E-state index in [2.05, 4.69) is 27.2 Å². The molecular weight excluding hydrogens is 355 g/mol. The molecule has 5 nitrogen and oxygen atoms in total. The molecule has 2 aliphatic rings. The first-order chi connectivity index (χ1) is 13.5. The Morgan fingerprint density at radius 1 is 1.18 bits per heavy atom. The van der Waals surface area contributed by atoms with Gasteiger partial charge in [-0.1, -0.05) is 12.1 Å². The molecule has 2 aromatic rings. The number of aliphatic imine (C=N–C) groups is 1. The Morgan fingerprint density at radius 2 is 2.04 bits per heavy atom. The topological polar surface area (TPSA) is 47.9 Å². The number of hydrogen-bond donors (Lipinski definition) is 1. The zero-order chi connectivity index (χ0) is 19.7. The highest BCUT2D eigenvalue weighted by Crippen LogP contribution is 2.34. The first kappa shape index (κ1) is 18.6. The third kappa shape index (κ3) is 3.64. The van der Waals surface area contributed by atoms with Gasteiger partial charge >= 0.3 is 0 Å². The van der Waals surface area contributed by atoms with E-state index < -0.39 is 5.92 Å². The second kappa shape index (κ2) is 7.72. The molecule has 4 rings (SSSR count). The zero-order valence-electron chi connectivity index (χ0n) is 16.3. The van der Waals surface area contributed by atoms with Gasteiger partial charge in [-0.15, -0.1) is 0 Å². The van der Waals surface area contributed by atoms with Gasteiger partial charge in [0.15, 0.2) is 0 Å². The Kier molecular flexibility index (Phi) is 5.13. The van der Waals surface area contributed by atoms with E-state index >= 15 is 0 Å². The van der Waals surface area contributed by atoms with Crippen molar-refractivity contribution in [2.75, 3.05) is 43.4 Å². The molecule has 1 amide bonds. The molecule has 0 saturated carbocycles. The maximum absolute atomic E-state index is 14.7. The quantitative estimate of drug-likeness (QED) is 0.826. The van der Waals surface area contributed by atoms with Gasteiger partial charge in [-0.2, -0.15) is 0 Å². The van der Waals surface area contributed by atoms with E-state index in [9.17, 15) is 9.18 Å². The van der Waals surface area contributed by atoms with Crippen LogP contribution in [0, 0.1) is 12.7 Å². The Hall–Kier alpha value is -2.73. The average Bonchev–Trinajstić information content (AvgIpc) is 2.84. The second-order valence-electron chi connectivity index (χ2n) is 7.56. The van der Waals surface area contributed by atoms with Gasteiger partial charge in [0.05, 0.1) is 11.4 Å². The molecule has 1 atom stereocenters. The predicted molar refractivity (Wildman–Crippen MR) is 111 cm³/mol. The summed E-state index contributed by atoms with van der Waals surface area (Å²) < 4.78 is 14.7. The molecule has 28 heavy (non-hydrogen) atoms. The van der Waals surface area contributed by atoms with Crippen molar-refractivity contribution in [3.05, 3.63) is 53.3 Å². The van der Waals surface area contributed by atoms with E-state index in [0.29, 0.717) is 11.4 Å². The molecule has 0 bridgehead atoms. The van der Waals surface area contributed by atoms with Crippen LogP contribution in [0.5, 0.6) is 0 Å². The third-order valence-electron chi connectivity index (χ3n) is 5.54. The minimum atomic E-state index is -0.444.